The first-order chi connectivity index (χ1) is 12.0. The molecular formula is C18H26F2N4O. The number of hydrogen-bond donors (Lipinski definition) is 1. The van der Waals surface area contributed by atoms with Crippen molar-refractivity contribution >= 4 is 11.6 Å². The predicted molar refractivity (Wildman–Crippen MR) is 93.7 cm³/mol. The first-order valence-corrected chi connectivity index (χ1v) is 8.92. The van der Waals surface area contributed by atoms with E-state index in [-0.39, 0.29) is 11.9 Å². The minimum atomic E-state index is -0.837. The van der Waals surface area contributed by atoms with E-state index in [0.717, 1.165) is 25.7 Å². The molecule has 25 heavy (non-hydrogen) atoms. The first kappa shape index (κ1) is 18.1. The van der Waals surface area contributed by atoms with Gasteiger partial charge in [-0.25, -0.2) is 8.78 Å². The van der Waals surface area contributed by atoms with E-state index in [4.69, 9.17) is 0 Å². The first-order valence-electron chi connectivity index (χ1n) is 8.92. The second kappa shape index (κ2) is 7.66. The second-order valence-corrected chi connectivity index (χ2v) is 7.01. The maximum atomic E-state index is 13.4. The Labute approximate surface area is 147 Å². The Morgan fingerprint density at radius 2 is 1.84 bits per heavy atom. The van der Waals surface area contributed by atoms with Crippen LogP contribution in [0.4, 0.5) is 14.5 Å². The third-order valence-corrected chi connectivity index (χ3v) is 5.09. The van der Waals surface area contributed by atoms with Crippen molar-refractivity contribution in [2.45, 2.75) is 25.9 Å². The third-order valence-electron chi connectivity index (χ3n) is 5.09. The summed E-state index contributed by atoms with van der Waals surface area (Å²) < 4.78 is 26.5. The van der Waals surface area contributed by atoms with Crippen LogP contribution in [0.3, 0.4) is 0 Å². The van der Waals surface area contributed by atoms with Crippen molar-refractivity contribution in [3.8, 4) is 0 Å². The lowest BCUT2D eigenvalue weighted by Gasteiger charge is -2.40. The van der Waals surface area contributed by atoms with Crippen molar-refractivity contribution in [2.24, 2.45) is 0 Å². The van der Waals surface area contributed by atoms with E-state index in [2.05, 4.69) is 24.1 Å². The molecule has 0 spiro atoms. The standard InChI is InChI=1S/C18H26F2N4O/c1-13(2)24-6-5-21-17(12-24)18(25)23-9-7-22(8-10-23)14-3-4-15(19)16(20)11-14/h3-4,11,13,17,21H,5-10,12H2,1-2H3/t17-/m1/s1. The number of carbonyl (C=O) groups excluding carboxylic acids is 1. The van der Waals surface area contributed by atoms with Crippen molar-refractivity contribution in [2.75, 3.05) is 50.7 Å². The SMILES string of the molecule is CC(C)N1CCN[C@@H](C(=O)N2CCN(c3ccc(F)c(F)c3)CC2)C1. The number of benzene rings is 1. The zero-order valence-electron chi connectivity index (χ0n) is 14.8. The van der Waals surface area contributed by atoms with E-state index in [1.54, 1.807) is 6.07 Å². The van der Waals surface area contributed by atoms with Crippen LogP contribution in [-0.2, 0) is 4.79 Å². The molecule has 0 aliphatic carbocycles. The summed E-state index contributed by atoms with van der Waals surface area (Å²) in [5.74, 6) is -1.54. The molecule has 2 fully saturated rings. The monoisotopic (exact) mass is 352 g/mol. The average Bonchev–Trinajstić information content (AvgIpc) is 2.63. The quantitative estimate of drug-likeness (QED) is 0.890. The number of anilines is 1. The Hall–Kier alpha value is -1.73. The molecule has 2 aliphatic rings. The van der Waals surface area contributed by atoms with E-state index in [0.29, 0.717) is 37.9 Å². The van der Waals surface area contributed by atoms with Gasteiger partial charge in [-0.15, -0.1) is 0 Å². The molecule has 3 rings (SSSR count). The number of rotatable bonds is 3. The maximum absolute atomic E-state index is 13.4. The predicted octanol–water partition coefficient (Wildman–Crippen LogP) is 1.30. The lowest BCUT2D eigenvalue weighted by molar-refractivity contribution is -0.135. The summed E-state index contributed by atoms with van der Waals surface area (Å²) in [6.45, 7) is 9.25. The molecule has 1 N–H and O–H groups in total. The number of nitrogens with one attached hydrogen (secondary N) is 1. The van der Waals surface area contributed by atoms with Crippen LogP contribution in [0.15, 0.2) is 18.2 Å². The van der Waals surface area contributed by atoms with Crippen LogP contribution in [0.25, 0.3) is 0 Å². The van der Waals surface area contributed by atoms with Crippen LogP contribution in [0.1, 0.15) is 13.8 Å². The highest BCUT2D eigenvalue weighted by molar-refractivity contribution is 5.82. The van der Waals surface area contributed by atoms with Crippen LogP contribution in [0, 0.1) is 11.6 Å². The largest absolute Gasteiger partial charge is 0.368 e. The Morgan fingerprint density at radius 3 is 2.48 bits per heavy atom. The minimum absolute atomic E-state index is 0.135. The topological polar surface area (TPSA) is 38.8 Å². The maximum Gasteiger partial charge on any atom is 0.241 e. The highest BCUT2D eigenvalue weighted by atomic mass is 19.2. The van der Waals surface area contributed by atoms with Crippen LogP contribution >= 0.6 is 0 Å². The van der Waals surface area contributed by atoms with E-state index >= 15 is 0 Å². The van der Waals surface area contributed by atoms with Crippen LogP contribution < -0.4 is 10.2 Å². The highest BCUT2D eigenvalue weighted by Gasteiger charge is 2.31. The molecule has 1 amide bonds. The fourth-order valence-electron chi connectivity index (χ4n) is 3.49. The molecule has 0 saturated carbocycles. The molecule has 2 aliphatic heterocycles. The zero-order chi connectivity index (χ0) is 18.0. The Morgan fingerprint density at radius 1 is 1.12 bits per heavy atom. The molecule has 2 heterocycles. The van der Waals surface area contributed by atoms with Gasteiger partial charge in [0.05, 0.1) is 6.04 Å². The van der Waals surface area contributed by atoms with Crippen molar-refractivity contribution in [3.05, 3.63) is 29.8 Å². The molecule has 0 bridgehead atoms. The number of nitrogens with zero attached hydrogens (tertiary/aromatic N) is 3. The van der Waals surface area contributed by atoms with Gasteiger partial charge in [0.25, 0.3) is 0 Å². The van der Waals surface area contributed by atoms with Crippen molar-refractivity contribution in [1.82, 2.24) is 15.1 Å². The second-order valence-electron chi connectivity index (χ2n) is 7.01. The Balaban J connectivity index is 1.56. The highest BCUT2D eigenvalue weighted by Crippen LogP contribution is 2.20. The molecular weight excluding hydrogens is 326 g/mol. The van der Waals surface area contributed by atoms with E-state index in [1.165, 1.54) is 6.07 Å². The Kier molecular flexibility index (Phi) is 5.54. The van der Waals surface area contributed by atoms with E-state index in [9.17, 15) is 13.6 Å². The van der Waals surface area contributed by atoms with Crippen molar-refractivity contribution in [1.29, 1.82) is 0 Å². The van der Waals surface area contributed by atoms with Gasteiger partial charge in [0.15, 0.2) is 11.6 Å². The summed E-state index contributed by atoms with van der Waals surface area (Å²) >= 11 is 0. The number of amides is 1. The van der Waals surface area contributed by atoms with Gasteiger partial charge in [-0.05, 0) is 26.0 Å². The summed E-state index contributed by atoms with van der Waals surface area (Å²) in [5, 5.41) is 3.32. The summed E-state index contributed by atoms with van der Waals surface area (Å²) in [5.41, 5.74) is 0.660. The molecule has 1 atom stereocenters. The van der Waals surface area contributed by atoms with Crippen LogP contribution in [0.5, 0.6) is 0 Å². The number of carbonyl (C=O) groups is 1. The lowest BCUT2D eigenvalue weighted by Crippen LogP contribution is -2.61. The van der Waals surface area contributed by atoms with Crippen molar-refractivity contribution < 1.29 is 13.6 Å². The molecule has 0 unspecified atom stereocenters. The fourth-order valence-corrected chi connectivity index (χ4v) is 3.49. The smallest absolute Gasteiger partial charge is 0.241 e. The minimum Gasteiger partial charge on any atom is -0.368 e. The molecule has 138 valence electrons. The summed E-state index contributed by atoms with van der Waals surface area (Å²) in [4.78, 5) is 18.9. The summed E-state index contributed by atoms with van der Waals surface area (Å²) in [6, 6.07) is 4.22. The average molecular weight is 352 g/mol. The molecule has 1 aromatic rings. The van der Waals surface area contributed by atoms with Gasteiger partial charge in [0.1, 0.15) is 0 Å². The van der Waals surface area contributed by atoms with E-state index < -0.39 is 11.6 Å². The number of piperazine rings is 2. The third kappa shape index (κ3) is 4.10. The number of halogens is 2. The summed E-state index contributed by atoms with van der Waals surface area (Å²) in [6.07, 6.45) is 0. The van der Waals surface area contributed by atoms with Crippen LogP contribution in [0.2, 0.25) is 0 Å². The fraction of sp³-hybridized carbons (Fsp3) is 0.611. The van der Waals surface area contributed by atoms with Crippen molar-refractivity contribution in [3.63, 3.8) is 0 Å². The normalized spacial score (nSPS) is 22.5. The van der Waals surface area contributed by atoms with Gasteiger partial charge in [-0.3, -0.25) is 9.69 Å². The van der Waals surface area contributed by atoms with E-state index in [1.807, 2.05) is 9.80 Å². The zero-order valence-corrected chi connectivity index (χ0v) is 14.8. The number of hydrogen-bond acceptors (Lipinski definition) is 4. The molecule has 2 saturated heterocycles. The van der Waals surface area contributed by atoms with Gasteiger partial charge in [0, 0.05) is 63.6 Å². The summed E-state index contributed by atoms with van der Waals surface area (Å²) in [7, 11) is 0. The Bertz CT molecular complexity index is 617. The van der Waals surface area contributed by atoms with Gasteiger partial charge in [-0.2, -0.15) is 0 Å². The van der Waals surface area contributed by atoms with Gasteiger partial charge < -0.3 is 15.1 Å². The lowest BCUT2D eigenvalue weighted by atomic mass is 10.1. The van der Waals surface area contributed by atoms with Gasteiger partial charge >= 0.3 is 0 Å². The van der Waals surface area contributed by atoms with Crippen LogP contribution in [-0.4, -0.2) is 73.6 Å². The molecule has 5 nitrogen and oxygen atoms in total. The molecule has 0 aromatic heterocycles. The molecule has 1 aromatic carbocycles. The molecule has 0 radical (unpaired) electrons. The van der Waals surface area contributed by atoms with Gasteiger partial charge in [0.2, 0.25) is 5.91 Å². The van der Waals surface area contributed by atoms with Gasteiger partial charge in [-0.1, -0.05) is 0 Å². The molecule has 7 heteroatoms.